The normalized spacial score (nSPS) is 9.85. The molecule has 0 aromatic heterocycles. The zero-order valence-electron chi connectivity index (χ0n) is 11.0. The highest BCUT2D eigenvalue weighted by Gasteiger charge is 2.12. The molecule has 0 aliphatic carbocycles. The van der Waals surface area contributed by atoms with Gasteiger partial charge in [0.2, 0.25) is 0 Å². The van der Waals surface area contributed by atoms with Crippen molar-refractivity contribution < 1.29 is 19.4 Å². The Balaban J connectivity index is 1.98. The van der Waals surface area contributed by atoms with E-state index >= 15 is 0 Å². The Morgan fingerprint density at radius 2 is 1.90 bits per heavy atom. The maximum Gasteiger partial charge on any atom is 0.412 e. The largest absolute Gasteiger partial charge is 0.506 e. The molecule has 0 fully saturated rings. The Morgan fingerprint density at radius 3 is 2.60 bits per heavy atom. The number of phenols is 1. The molecule has 5 heteroatoms. The molecule has 2 rings (SSSR count). The van der Waals surface area contributed by atoms with Gasteiger partial charge in [-0.1, -0.05) is 36.4 Å². The standard InChI is InChI=1S/C15H15NO4/c1-19-13-9-5-8-12(17)14(13)16-15(18)20-10-11-6-3-2-4-7-11/h2-9,17H,10H2,1H3,(H,16,18). The third kappa shape index (κ3) is 3.41. The molecule has 1 amide bonds. The molecule has 0 aliphatic heterocycles. The van der Waals surface area contributed by atoms with Crippen molar-refractivity contribution >= 4 is 11.8 Å². The predicted molar refractivity (Wildman–Crippen MR) is 74.9 cm³/mol. The summed E-state index contributed by atoms with van der Waals surface area (Å²) >= 11 is 0. The SMILES string of the molecule is COc1cccc(O)c1NC(=O)OCc1ccccc1. The Kier molecular flexibility index (Phi) is 4.44. The van der Waals surface area contributed by atoms with Crippen molar-refractivity contribution in [3.63, 3.8) is 0 Å². The van der Waals surface area contributed by atoms with Gasteiger partial charge >= 0.3 is 6.09 Å². The molecule has 104 valence electrons. The molecule has 0 radical (unpaired) electrons. The molecule has 5 nitrogen and oxygen atoms in total. The van der Waals surface area contributed by atoms with E-state index < -0.39 is 6.09 Å². The van der Waals surface area contributed by atoms with Crippen LogP contribution in [0.2, 0.25) is 0 Å². The maximum atomic E-state index is 11.7. The van der Waals surface area contributed by atoms with E-state index in [0.29, 0.717) is 5.75 Å². The molecule has 0 saturated heterocycles. The average molecular weight is 273 g/mol. The van der Waals surface area contributed by atoms with Crippen LogP contribution >= 0.6 is 0 Å². The van der Waals surface area contributed by atoms with Crippen LogP contribution in [0.1, 0.15) is 5.56 Å². The third-order valence-electron chi connectivity index (χ3n) is 2.66. The molecule has 0 aliphatic rings. The number of benzene rings is 2. The van der Waals surface area contributed by atoms with Crippen LogP contribution in [0.4, 0.5) is 10.5 Å². The van der Waals surface area contributed by atoms with Gasteiger partial charge in [0.1, 0.15) is 23.8 Å². The highest BCUT2D eigenvalue weighted by molar-refractivity contribution is 5.89. The van der Waals surface area contributed by atoms with E-state index in [1.165, 1.54) is 13.2 Å². The van der Waals surface area contributed by atoms with Gasteiger partial charge in [-0.3, -0.25) is 5.32 Å². The van der Waals surface area contributed by atoms with Gasteiger partial charge in [0, 0.05) is 0 Å². The Morgan fingerprint density at radius 1 is 1.15 bits per heavy atom. The van der Waals surface area contributed by atoms with Crippen LogP contribution in [0, 0.1) is 0 Å². The van der Waals surface area contributed by atoms with Crippen molar-refractivity contribution in [1.29, 1.82) is 0 Å². The molecule has 0 heterocycles. The second-order valence-corrected chi connectivity index (χ2v) is 4.04. The fourth-order valence-electron chi connectivity index (χ4n) is 1.68. The van der Waals surface area contributed by atoms with Crippen LogP contribution in [-0.4, -0.2) is 18.3 Å². The van der Waals surface area contributed by atoms with Gasteiger partial charge in [0.15, 0.2) is 0 Å². The van der Waals surface area contributed by atoms with Crippen LogP contribution in [-0.2, 0) is 11.3 Å². The number of carbonyl (C=O) groups excluding carboxylic acids is 1. The van der Waals surface area contributed by atoms with Gasteiger partial charge in [0.05, 0.1) is 7.11 Å². The Hall–Kier alpha value is -2.69. The van der Waals surface area contributed by atoms with Crippen molar-refractivity contribution in [3.05, 3.63) is 54.1 Å². The predicted octanol–water partition coefficient (Wildman–Crippen LogP) is 3.15. The quantitative estimate of drug-likeness (QED) is 0.840. The average Bonchev–Trinajstić information content (AvgIpc) is 2.48. The molecule has 2 N–H and O–H groups in total. The van der Waals surface area contributed by atoms with Gasteiger partial charge in [-0.15, -0.1) is 0 Å². The molecular weight excluding hydrogens is 258 g/mol. The maximum absolute atomic E-state index is 11.7. The summed E-state index contributed by atoms with van der Waals surface area (Å²) in [5.74, 6) is 0.280. The smallest absolute Gasteiger partial charge is 0.412 e. The zero-order chi connectivity index (χ0) is 14.4. The lowest BCUT2D eigenvalue weighted by Gasteiger charge is -2.11. The van der Waals surface area contributed by atoms with Crippen LogP contribution in [0.15, 0.2) is 48.5 Å². The van der Waals surface area contributed by atoms with E-state index in [0.717, 1.165) is 5.56 Å². The highest BCUT2D eigenvalue weighted by Crippen LogP contribution is 2.33. The molecule has 2 aromatic carbocycles. The topological polar surface area (TPSA) is 67.8 Å². The van der Waals surface area contributed by atoms with Crippen LogP contribution in [0.25, 0.3) is 0 Å². The Labute approximate surface area is 116 Å². The van der Waals surface area contributed by atoms with Gasteiger partial charge in [0.25, 0.3) is 0 Å². The Bertz CT molecular complexity index is 584. The van der Waals surface area contributed by atoms with E-state index in [1.807, 2.05) is 30.3 Å². The second-order valence-electron chi connectivity index (χ2n) is 4.04. The fourth-order valence-corrected chi connectivity index (χ4v) is 1.68. The summed E-state index contributed by atoms with van der Waals surface area (Å²) in [7, 11) is 1.45. The molecule has 0 spiro atoms. The lowest BCUT2D eigenvalue weighted by atomic mass is 10.2. The number of hydrogen-bond donors (Lipinski definition) is 2. The number of anilines is 1. The van der Waals surface area contributed by atoms with Crippen molar-refractivity contribution in [2.45, 2.75) is 6.61 Å². The van der Waals surface area contributed by atoms with Gasteiger partial charge < -0.3 is 14.6 Å². The van der Waals surface area contributed by atoms with E-state index in [-0.39, 0.29) is 18.0 Å². The third-order valence-corrected chi connectivity index (χ3v) is 2.66. The van der Waals surface area contributed by atoms with E-state index in [9.17, 15) is 9.90 Å². The minimum Gasteiger partial charge on any atom is -0.506 e. The summed E-state index contributed by atoms with van der Waals surface area (Å²) in [6.07, 6.45) is -0.659. The van der Waals surface area contributed by atoms with Crippen LogP contribution in [0.3, 0.4) is 0 Å². The number of rotatable bonds is 4. The number of methoxy groups -OCH3 is 1. The fraction of sp³-hybridized carbons (Fsp3) is 0.133. The molecule has 0 saturated carbocycles. The van der Waals surface area contributed by atoms with E-state index in [4.69, 9.17) is 9.47 Å². The monoisotopic (exact) mass is 273 g/mol. The molecule has 0 atom stereocenters. The zero-order valence-corrected chi connectivity index (χ0v) is 11.0. The van der Waals surface area contributed by atoms with Crippen molar-refractivity contribution in [3.8, 4) is 11.5 Å². The minimum absolute atomic E-state index is 0.0824. The molecule has 0 unspecified atom stereocenters. The minimum atomic E-state index is -0.659. The second kappa shape index (κ2) is 6.47. The summed E-state index contributed by atoms with van der Waals surface area (Å²) in [5.41, 5.74) is 1.07. The number of ether oxygens (including phenoxy) is 2. The number of carbonyl (C=O) groups is 1. The van der Waals surface area contributed by atoms with E-state index in [1.54, 1.807) is 12.1 Å². The first-order chi connectivity index (χ1) is 9.70. The van der Waals surface area contributed by atoms with Crippen LogP contribution < -0.4 is 10.1 Å². The lowest BCUT2D eigenvalue weighted by molar-refractivity contribution is 0.155. The number of amides is 1. The van der Waals surface area contributed by atoms with Gasteiger partial charge in [-0.05, 0) is 17.7 Å². The lowest BCUT2D eigenvalue weighted by Crippen LogP contribution is -2.14. The molecule has 2 aromatic rings. The number of phenolic OH excluding ortho intramolecular Hbond substituents is 1. The summed E-state index contributed by atoms with van der Waals surface area (Å²) in [5, 5.41) is 12.2. The highest BCUT2D eigenvalue weighted by atomic mass is 16.5. The number of hydrogen-bond acceptors (Lipinski definition) is 4. The first kappa shape index (κ1) is 13.7. The van der Waals surface area contributed by atoms with Crippen molar-refractivity contribution in [2.24, 2.45) is 0 Å². The van der Waals surface area contributed by atoms with Crippen LogP contribution in [0.5, 0.6) is 11.5 Å². The molecule has 20 heavy (non-hydrogen) atoms. The van der Waals surface area contributed by atoms with Crippen molar-refractivity contribution in [2.75, 3.05) is 12.4 Å². The number of nitrogens with one attached hydrogen (secondary N) is 1. The molecular formula is C15H15NO4. The summed E-state index contributed by atoms with van der Waals surface area (Å²) in [4.78, 5) is 11.7. The van der Waals surface area contributed by atoms with Crippen molar-refractivity contribution in [1.82, 2.24) is 0 Å². The molecule has 0 bridgehead atoms. The number of aromatic hydroxyl groups is 1. The number of para-hydroxylation sites is 1. The first-order valence-corrected chi connectivity index (χ1v) is 6.04. The summed E-state index contributed by atoms with van der Waals surface area (Å²) in [6, 6.07) is 14.0. The summed E-state index contributed by atoms with van der Waals surface area (Å²) in [6.45, 7) is 0.155. The first-order valence-electron chi connectivity index (χ1n) is 6.04. The van der Waals surface area contributed by atoms with Gasteiger partial charge in [-0.25, -0.2) is 4.79 Å². The van der Waals surface area contributed by atoms with E-state index in [2.05, 4.69) is 5.32 Å². The van der Waals surface area contributed by atoms with Gasteiger partial charge in [-0.2, -0.15) is 0 Å². The summed E-state index contributed by atoms with van der Waals surface area (Å²) < 4.78 is 10.1.